The molecule has 0 bridgehead atoms. The molecule has 13 heavy (non-hydrogen) atoms. The molecular weight excluding hydrogens is 180 g/mol. The lowest BCUT2D eigenvalue weighted by Crippen LogP contribution is -2.36. The van der Waals surface area contributed by atoms with Gasteiger partial charge in [0.05, 0.1) is 0 Å². The molecule has 0 aromatic carbocycles. The van der Waals surface area contributed by atoms with Crippen molar-refractivity contribution in [1.29, 1.82) is 0 Å². The van der Waals surface area contributed by atoms with E-state index in [1.807, 2.05) is 18.8 Å². The minimum atomic E-state index is 0.689. The third kappa shape index (κ3) is 6.36. The maximum Gasteiger partial charge on any atom is 0.0155 e. The Morgan fingerprint density at radius 1 is 1.38 bits per heavy atom. The maximum absolute atomic E-state index is 3.21. The summed E-state index contributed by atoms with van der Waals surface area (Å²) in [4.78, 5) is 2.44. The summed E-state index contributed by atoms with van der Waals surface area (Å²) in [6.45, 7) is 6.88. The molecule has 0 heterocycles. The highest BCUT2D eigenvalue weighted by Gasteiger charge is 2.11. The third-order valence-corrected chi connectivity index (χ3v) is 3.13. The van der Waals surface area contributed by atoms with Crippen molar-refractivity contribution in [2.45, 2.75) is 19.9 Å². The van der Waals surface area contributed by atoms with E-state index in [0.717, 1.165) is 12.5 Å². The monoisotopic (exact) mass is 204 g/mol. The summed E-state index contributed by atoms with van der Waals surface area (Å²) < 4.78 is 0. The Balaban J connectivity index is 3.64. The van der Waals surface area contributed by atoms with E-state index in [9.17, 15) is 0 Å². The van der Waals surface area contributed by atoms with Crippen molar-refractivity contribution in [3.05, 3.63) is 0 Å². The number of hydrogen-bond donors (Lipinski definition) is 1. The molecule has 80 valence electrons. The first kappa shape index (κ1) is 13.3. The fourth-order valence-electron chi connectivity index (χ4n) is 1.45. The van der Waals surface area contributed by atoms with Crippen molar-refractivity contribution in [2.24, 2.45) is 5.92 Å². The summed E-state index contributed by atoms with van der Waals surface area (Å²) in [6.07, 6.45) is 2.17. The quantitative estimate of drug-likeness (QED) is 0.677. The second-order valence-electron chi connectivity index (χ2n) is 3.91. The van der Waals surface area contributed by atoms with Gasteiger partial charge in [-0.05, 0) is 39.7 Å². The van der Waals surface area contributed by atoms with Crippen molar-refractivity contribution in [3.63, 3.8) is 0 Å². The lowest BCUT2D eigenvalue weighted by molar-refractivity contribution is 0.239. The Morgan fingerprint density at radius 3 is 2.46 bits per heavy atom. The van der Waals surface area contributed by atoms with Crippen LogP contribution in [0, 0.1) is 5.92 Å². The summed E-state index contributed by atoms with van der Waals surface area (Å²) in [6, 6.07) is 0.689. The Morgan fingerprint density at radius 2 is 2.00 bits per heavy atom. The molecule has 0 spiro atoms. The Labute approximate surface area is 87.5 Å². The topological polar surface area (TPSA) is 15.3 Å². The van der Waals surface area contributed by atoms with Gasteiger partial charge in [-0.2, -0.15) is 11.8 Å². The summed E-state index contributed by atoms with van der Waals surface area (Å²) in [5, 5.41) is 3.21. The first-order chi connectivity index (χ1) is 6.11. The number of thioether (sulfide) groups is 1. The highest BCUT2D eigenvalue weighted by molar-refractivity contribution is 7.98. The molecule has 0 rings (SSSR count). The molecule has 0 aromatic rings. The van der Waals surface area contributed by atoms with Gasteiger partial charge in [0.25, 0.3) is 0 Å². The van der Waals surface area contributed by atoms with Gasteiger partial charge >= 0.3 is 0 Å². The smallest absolute Gasteiger partial charge is 0.0155 e. The molecule has 1 N–H and O–H groups in total. The van der Waals surface area contributed by atoms with E-state index in [-0.39, 0.29) is 0 Å². The Hall–Kier alpha value is 0.270. The molecule has 0 fully saturated rings. The minimum Gasteiger partial charge on any atom is -0.319 e. The van der Waals surface area contributed by atoms with Gasteiger partial charge in [0.15, 0.2) is 0 Å². The average molecular weight is 204 g/mol. The van der Waals surface area contributed by atoms with Crippen LogP contribution < -0.4 is 5.32 Å². The van der Waals surface area contributed by atoms with Gasteiger partial charge < -0.3 is 10.2 Å². The third-order valence-electron chi connectivity index (χ3n) is 2.31. The highest BCUT2D eigenvalue weighted by atomic mass is 32.2. The second-order valence-corrected chi connectivity index (χ2v) is 4.82. The number of rotatable bonds is 7. The van der Waals surface area contributed by atoms with Crippen LogP contribution in [-0.2, 0) is 0 Å². The van der Waals surface area contributed by atoms with Crippen molar-refractivity contribution in [2.75, 3.05) is 39.2 Å². The number of nitrogens with one attached hydrogen (secondary N) is 1. The van der Waals surface area contributed by atoms with Crippen LogP contribution in [0.25, 0.3) is 0 Å². The van der Waals surface area contributed by atoms with Crippen LogP contribution in [0.2, 0.25) is 0 Å². The zero-order chi connectivity index (χ0) is 10.3. The lowest BCUT2D eigenvalue weighted by Gasteiger charge is -2.26. The molecule has 0 aliphatic heterocycles. The summed E-state index contributed by atoms with van der Waals surface area (Å²) >= 11 is 1.92. The zero-order valence-electron chi connectivity index (χ0n) is 9.63. The summed E-state index contributed by atoms with van der Waals surface area (Å²) in [5.41, 5.74) is 0. The van der Waals surface area contributed by atoms with Crippen molar-refractivity contribution >= 4 is 11.8 Å². The van der Waals surface area contributed by atoms with Gasteiger partial charge in [-0.25, -0.2) is 0 Å². The predicted octanol–water partition coefficient (Wildman–Crippen LogP) is 1.53. The fraction of sp³-hybridized carbons (Fsp3) is 1.00. The standard InChI is InChI=1S/C10H24N2S/c1-9(6-11-3)7-12(4)10(2)8-13-5/h9-11H,6-8H2,1-5H3. The van der Waals surface area contributed by atoms with E-state index in [2.05, 4.69) is 37.4 Å². The van der Waals surface area contributed by atoms with Crippen LogP contribution >= 0.6 is 11.8 Å². The fourth-order valence-corrected chi connectivity index (χ4v) is 2.19. The molecule has 0 amide bonds. The summed E-state index contributed by atoms with van der Waals surface area (Å²) in [7, 11) is 4.23. The number of hydrogen-bond acceptors (Lipinski definition) is 3. The van der Waals surface area contributed by atoms with Crippen LogP contribution in [0.15, 0.2) is 0 Å². The van der Waals surface area contributed by atoms with E-state index >= 15 is 0 Å². The Kier molecular flexibility index (Phi) is 7.81. The molecular formula is C10H24N2S. The molecule has 2 nitrogen and oxygen atoms in total. The lowest BCUT2D eigenvalue weighted by atomic mass is 10.1. The minimum absolute atomic E-state index is 0.689. The van der Waals surface area contributed by atoms with Gasteiger partial charge in [-0.1, -0.05) is 6.92 Å². The van der Waals surface area contributed by atoms with Crippen LogP contribution in [-0.4, -0.2) is 50.1 Å². The van der Waals surface area contributed by atoms with Crippen LogP contribution in [0.1, 0.15) is 13.8 Å². The highest BCUT2D eigenvalue weighted by Crippen LogP contribution is 2.06. The van der Waals surface area contributed by atoms with E-state index < -0.39 is 0 Å². The van der Waals surface area contributed by atoms with E-state index in [0.29, 0.717) is 6.04 Å². The predicted molar refractivity (Wildman–Crippen MR) is 63.6 cm³/mol. The first-order valence-electron chi connectivity index (χ1n) is 4.95. The number of nitrogens with zero attached hydrogens (tertiary/aromatic N) is 1. The molecule has 0 saturated heterocycles. The normalized spacial score (nSPS) is 16.2. The average Bonchev–Trinajstić information content (AvgIpc) is 2.05. The van der Waals surface area contributed by atoms with Crippen molar-refractivity contribution in [1.82, 2.24) is 10.2 Å². The van der Waals surface area contributed by atoms with E-state index in [1.165, 1.54) is 12.3 Å². The van der Waals surface area contributed by atoms with Crippen LogP contribution in [0.4, 0.5) is 0 Å². The van der Waals surface area contributed by atoms with Gasteiger partial charge in [0.2, 0.25) is 0 Å². The molecule has 0 aliphatic carbocycles. The van der Waals surface area contributed by atoms with E-state index in [1.54, 1.807) is 0 Å². The molecule has 2 unspecified atom stereocenters. The zero-order valence-corrected chi connectivity index (χ0v) is 10.4. The molecule has 0 radical (unpaired) electrons. The maximum atomic E-state index is 3.21. The SMILES string of the molecule is CNCC(C)CN(C)C(C)CSC. The van der Waals surface area contributed by atoms with Crippen LogP contribution in [0.3, 0.4) is 0 Å². The van der Waals surface area contributed by atoms with Crippen LogP contribution in [0.5, 0.6) is 0 Å². The molecule has 3 heteroatoms. The molecule has 0 aromatic heterocycles. The largest absolute Gasteiger partial charge is 0.319 e. The Bertz CT molecular complexity index is 119. The van der Waals surface area contributed by atoms with Gasteiger partial charge in [-0.15, -0.1) is 0 Å². The van der Waals surface area contributed by atoms with Crippen molar-refractivity contribution < 1.29 is 0 Å². The second kappa shape index (κ2) is 7.65. The van der Waals surface area contributed by atoms with Gasteiger partial charge in [-0.3, -0.25) is 0 Å². The molecule has 0 saturated carbocycles. The first-order valence-corrected chi connectivity index (χ1v) is 6.35. The molecule has 0 aliphatic rings. The summed E-state index contributed by atoms with van der Waals surface area (Å²) in [5.74, 6) is 1.96. The van der Waals surface area contributed by atoms with Gasteiger partial charge in [0.1, 0.15) is 0 Å². The molecule has 2 atom stereocenters. The van der Waals surface area contributed by atoms with E-state index in [4.69, 9.17) is 0 Å². The van der Waals surface area contributed by atoms with Crippen molar-refractivity contribution in [3.8, 4) is 0 Å². The van der Waals surface area contributed by atoms with Gasteiger partial charge in [0, 0.05) is 18.3 Å².